The van der Waals surface area contributed by atoms with Gasteiger partial charge in [-0.2, -0.15) is 9.97 Å². The van der Waals surface area contributed by atoms with Crippen LogP contribution in [0.15, 0.2) is 36.5 Å². The van der Waals surface area contributed by atoms with Gasteiger partial charge in [-0.3, -0.25) is 14.7 Å². The Balaban J connectivity index is 1.37. The SMILES string of the molecule is CC1(O)CCN(CC(=O)c2ccccc2)N(c2nc(OC[C@@]34CCCN3C[C@H](F)C4)nc3c(F)c(Cl)ncc23)C1. The number of hydrazine groups is 1. The molecule has 1 aromatic carbocycles. The van der Waals surface area contributed by atoms with E-state index < -0.39 is 23.1 Å². The first-order chi connectivity index (χ1) is 19.1. The minimum absolute atomic E-state index is 0.0151. The Hall–Kier alpha value is -2.99. The summed E-state index contributed by atoms with van der Waals surface area (Å²) in [5.74, 6) is -0.704. The molecule has 3 aliphatic rings. The Morgan fingerprint density at radius 1 is 1.23 bits per heavy atom. The predicted octanol–water partition coefficient (Wildman–Crippen LogP) is 3.83. The van der Waals surface area contributed by atoms with Gasteiger partial charge >= 0.3 is 6.01 Å². The van der Waals surface area contributed by atoms with Crippen LogP contribution in [0.1, 0.15) is 43.0 Å². The molecule has 212 valence electrons. The number of fused-ring (bicyclic) bond motifs is 2. The first-order valence-corrected chi connectivity index (χ1v) is 13.9. The van der Waals surface area contributed by atoms with Crippen molar-refractivity contribution in [1.29, 1.82) is 0 Å². The van der Waals surface area contributed by atoms with E-state index in [2.05, 4.69) is 19.9 Å². The minimum Gasteiger partial charge on any atom is -0.461 e. The van der Waals surface area contributed by atoms with Gasteiger partial charge in [0.25, 0.3) is 0 Å². The molecule has 0 bridgehead atoms. The van der Waals surface area contributed by atoms with E-state index in [4.69, 9.17) is 16.3 Å². The van der Waals surface area contributed by atoms with Crippen molar-refractivity contribution < 1.29 is 23.4 Å². The van der Waals surface area contributed by atoms with Gasteiger partial charge in [0, 0.05) is 31.3 Å². The third kappa shape index (κ3) is 5.11. The van der Waals surface area contributed by atoms with E-state index in [0.29, 0.717) is 31.5 Å². The molecule has 12 heteroatoms. The molecule has 6 rings (SSSR count). The Bertz CT molecular complexity index is 1430. The zero-order chi connectivity index (χ0) is 28.1. The highest BCUT2D eigenvalue weighted by Crippen LogP contribution is 2.41. The van der Waals surface area contributed by atoms with Gasteiger partial charge in [-0.05, 0) is 32.7 Å². The summed E-state index contributed by atoms with van der Waals surface area (Å²) in [5.41, 5.74) is -1.09. The summed E-state index contributed by atoms with van der Waals surface area (Å²) in [6.07, 6.45) is 2.97. The van der Waals surface area contributed by atoms with Crippen LogP contribution in [-0.4, -0.2) is 92.4 Å². The highest BCUT2D eigenvalue weighted by Gasteiger charge is 2.49. The number of carbonyl (C=O) groups excluding carboxylic acids is 1. The average molecular weight is 573 g/mol. The van der Waals surface area contributed by atoms with Crippen molar-refractivity contribution in [2.75, 3.05) is 44.3 Å². The van der Waals surface area contributed by atoms with Crippen molar-refractivity contribution in [1.82, 2.24) is 24.9 Å². The van der Waals surface area contributed by atoms with Crippen molar-refractivity contribution in [3.63, 3.8) is 0 Å². The van der Waals surface area contributed by atoms with E-state index in [0.717, 1.165) is 19.4 Å². The average Bonchev–Trinajstić information content (AvgIpc) is 3.46. The number of ketones is 1. The summed E-state index contributed by atoms with van der Waals surface area (Å²) in [4.78, 5) is 28.2. The quantitative estimate of drug-likeness (QED) is 0.335. The molecule has 2 aromatic heterocycles. The number of benzene rings is 1. The lowest BCUT2D eigenvalue weighted by Gasteiger charge is -2.45. The minimum atomic E-state index is -1.10. The number of β-amino-alcohol motifs (C(OH)–C–C–N with tert-alkyl or cyclic N) is 1. The molecule has 0 saturated carbocycles. The van der Waals surface area contributed by atoms with Crippen LogP contribution in [0.4, 0.5) is 14.6 Å². The fourth-order valence-electron chi connectivity index (χ4n) is 6.15. The number of carbonyl (C=O) groups is 1. The summed E-state index contributed by atoms with van der Waals surface area (Å²) >= 11 is 6.01. The number of nitrogens with zero attached hydrogens (tertiary/aromatic N) is 6. The summed E-state index contributed by atoms with van der Waals surface area (Å²) in [7, 11) is 0. The zero-order valence-electron chi connectivity index (χ0n) is 22.2. The largest absolute Gasteiger partial charge is 0.461 e. The van der Waals surface area contributed by atoms with Gasteiger partial charge in [0.15, 0.2) is 22.6 Å². The molecular formula is C28H31ClF2N6O3. The van der Waals surface area contributed by atoms with E-state index in [1.54, 1.807) is 41.2 Å². The van der Waals surface area contributed by atoms with Crippen LogP contribution < -0.4 is 9.75 Å². The van der Waals surface area contributed by atoms with Gasteiger partial charge in [-0.1, -0.05) is 41.9 Å². The number of rotatable bonds is 7. The van der Waals surface area contributed by atoms with Crippen LogP contribution in [-0.2, 0) is 0 Å². The van der Waals surface area contributed by atoms with Gasteiger partial charge in [-0.15, -0.1) is 0 Å². The van der Waals surface area contributed by atoms with Crippen molar-refractivity contribution in [2.45, 2.75) is 49.9 Å². The number of hydrogen-bond acceptors (Lipinski definition) is 9. The molecule has 1 unspecified atom stereocenters. The molecule has 0 spiro atoms. The molecule has 5 heterocycles. The van der Waals surface area contributed by atoms with E-state index in [1.165, 1.54) is 6.20 Å². The standard InChI is InChI=1S/C28H31ClF2N6O3/c1-27(39)9-11-36(15-21(38)18-6-3-2-4-7-18)37(16-27)25-20-13-32-24(29)22(31)23(20)33-26(34-25)40-17-28-8-5-10-35(28)14-19(30)12-28/h2-4,6-7,13,19,39H,5,8-12,14-17H2,1H3/t19-,27?,28+/m1/s1. The van der Waals surface area contributed by atoms with E-state index in [9.17, 15) is 14.3 Å². The van der Waals surface area contributed by atoms with Crippen molar-refractivity contribution in [3.05, 3.63) is 53.1 Å². The highest BCUT2D eigenvalue weighted by atomic mass is 35.5. The Morgan fingerprint density at radius 2 is 2.02 bits per heavy atom. The maximum Gasteiger partial charge on any atom is 0.319 e. The fourth-order valence-corrected chi connectivity index (χ4v) is 6.29. The van der Waals surface area contributed by atoms with Crippen LogP contribution in [0.25, 0.3) is 10.9 Å². The molecule has 3 saturated heterocycles. The summed E-state index contributed by atoms with van der Waals surface area (Å²) in [6.45, 7) is 3.49. The molecular weight excluding hydrogens is 542 g/mol. The summed E-state index contributed by atoms with van der Waals surface area (Å²) in [6, 6.07) is 8.84. The van der Waals surface area contributed by atoms with Crippen LogP contribution >= 0.6 is 11.6 Å². The van der Waals surface area contributed by atoms with Crippen LogP contribution in [0, 0.1) is 5.82 Å². The van der Waals surface area contributed by atoms with E-state index >= 15 is 4.39 Å². The monoisotopic (exact) mass is 572 g/mol. The Morgan fingerprint density at radius 3 is 2.83 bits per heavy atom. The topological polar surface area (TPSA) is 94.9 Å². The molecule has 40 heavy (non-hydrogen) atoms. The summed E-state index contributed by atoms with van der Waals surface area (Å²) < 4.78 is 35.7. The molecule has 3 fully saturated rings. The van der Waals surface area contributed by atoms with Gasteiger partial charge in [-0.25, -0.2) is 18.8 Å². The molecule has 3 aromatic rings. The number of aliphatic hydroxyl groups is 1. The number of pyridine rings is 1. The predicted molar refractivity (Wildman–Crippen MR) is 146 cm³/mol. The van der Waals surface area contributed by atoms with Gasteiger partial charge < -0.3 is 9.84 Å². The number of aromatic nitrogens is 3. The molecule has 0 amide bonds. The first kappa shape index (κ1) is 27.2. The lowest BCUT2D eigenvalue weighted by molar-refractivity contribution is 0.00359. The summed E-state index contributed by atoms with van der Waals surface area (Å²) in [5, 5.41) is 14.4. The number of alkyl halides is 1. The van der Waals surface area contributed by atoms with Crippen LogP contribution in [0.3, 0.4) is 0 Å². The van der Waals surface area contributed by atoms with Crippen molar-refractivity contribution in [3.8, 4) is 6.01 Å². The Labute approximate surface area is 235 Å². The second-order valence-electron chi connectivity index (χ2n) is 11.3. The van der Waals surface area contributed by atoms with E-state index in [-0.39, 0.29) is 53.4 Å². The maximum atomic E-state index is 15.3. The second-order valence-corrected chi connectivity index (χ2v) is 11.7. The van der Waals surface area contributed by atoms with Crippen molar-refractivity contribution >= 4 is 34.1 Å². The van der Waals surface area contributed by atoms with Gasteiger partial charge in [0.1, 0.15) is 18.3 Å². The zero-order valence-corrected chi connectivity index (χ0v) is 22.9. The van der Waals surface area contributed by atoms with Crippen molar-refractivity contribution in [2.24, 2.45) is 0 Å². The maximum absolute atomic E-state index is 15.3. The number of Topliss-reactive ketones (excluding diaryl/α,β-unsaturated/α-hetero) is 1. The second kappa shape index (κ2) is 10.4. The first-order valence-electron chi connectivity index (χ1n) is 13.5. The van der Waals surface area contributed by atoms with Gasteiger partial charge in [0.2, 0.25) is 0 Å². The molecule has 3 aliphatic heterocycles. The number of halogens is 3. The number of hydrogen-bond donors (Lipinski definition) is 1. The number of ether oxygens (including phenoxy) is 1. The molecule has 0 radical (unpaired) electrons. The molecule has 9 nitrogen and oxygen atoms in total. The lowest BCUT2D eigenvalue weighted by Crippen LogP contribution is -2.58. The number of anilines is 1. The van der Waals surface area contributed by atoms with Crippen LogP contribution in [0.2, 0.25) is 5.15 Å². The molecule has 3 atom stereocenters. The highest BCUT2D eigenvalue weighted by molar-refractivity contribution is 6.30. The van der Waals surface area contributed by atoms with E-state index in [1.807, 2.05) is 6.07 Å². The third-order valence-corrected chi connectivity index (χ3v) is 8.50. The normalized spacial score (nSPS) is 27.3. The third-order valence-electron chi connectivity index (χ3n) is 8.24. The van der Waals surface area contributed by atoms with Crippen LogP contribution in [0.5, 0.6) is 6.01 Å². The molecule has 0 aliphatic carbocycles. The lowest BCUT2D eigenvalue weighted by atomic mass is 9.95. The molecule has 1 N–H and O–H groups in total. The van der Waals surface area contributed by atoms with Gasteiger partial charge in [0.05, 0.1) is 29.6 Å². The Kier molecular flexibility index (Phi) is 7.10. The smallest absolute Gasteiger partial charge is 0.319 e. The fraction of sp³-hybridized carbons (Fsp3) is 0.500.